The molecule has 0 N–H and O–H groups in total. The van der Waals surface area contributed by atoms with Crippen LogP contribution in [0.25, 0.3) is 50.0 Å². The lowest BCUT2D eigenvalue weighted by Crippen LogP contribution is -2.35. The molecule has 1 aliphatic rings. The van der Waals surface area contributed by atoms with Gasteiger partial charge in [-0.05, 0) is 80.6 Å². The highest BCUT2D eigenvalue weighted by Crippen LogP contribution is 2.54. The van der Waals surface area contributed by atoms with Crippen LogP contribution in [0.2, 0.25) is 0 Å². The molecule has 6 aromatic carbocycles. The summed E-state index contributed by atoms with van der Waals surface area (Å²) in [6.45, 7) is 0. The van der Waals surface area contributed by atoms with Crippen LogP contribution in [0.5, 0.6) is 0 Å². The lowest BCUT2D eigenvalue weighted by Gasteiger charge is -2.41. The topological polar surface area (TPSA) is 30.7 Å². The second kappa shape index (κ2) is 9.62. The van der Waals surface area contributed by atoms with E-state index in [1.807, 2.05) is 24.5 Å². The van der Waals surface area contributed by atoms with E-state index in [9.17, 15) is 0 Å². The molecule has 44 heavy (non-hydrogen) atoms. The molecule has 0 radical (unpaired) electrons. The predicted molar refractivity (Wildman–Crippen MR) is 179 cm³/mol. The van der Waals surface area contributed by atoms with Gasteiger partial charge in [0.1, 0.15) is 5.82 Å². The molecule has 3 nitrogen and oxygen atoms in total. The molecule has 0 spiro atoms. The first-order valence-electron chi connectivity index (χ1n) is 15.0. The number of para-hydroxylation sites is 1. The number of benzene rings is 6. The van der Waals surface area contributed by atoms with E-state index < -0.39 is 5.41 Å². The Morgan fingerprint density at radius 3 is 1.89 bits per heavy atom. The van der Waals surface area contributed by atoms with Crippen molar-refractivity contribution >= 4 is 21.8 Å². The molecule has 0 saturated carbocycles. The number of nitrogens with zero attached hydrogens (tertiary/aromatic N) is 3. The van der Waals surface area contributed by atoms with E-state index in [1.54, 1.807) is 0 Å². The molecular formula is C41H27N3. The molecule has 0 amide bonds. The Kier molecular flexibility index (Phi) is 5.41. The van der Waals surface area contributed by atoms with Gasteiger partial charge in [0, 0.05) is 18.0 Å². The Bertz CT molecular complexity index is 2280. The summed E-state index contributed by atoms with van der Waals surface area (Å²) in [7, 11) is 0. The van der Waals surface area contributed by atoms with Crippen LogP contribution in [0.15, 0.2) is 164 Å². The van der Waals surface area contributed by atoms with E-state index in [0.29, 0.717) is 0 Å². The van der Waals surface area contributed by atoms with Gasteiger partial charge in [-0.15, -0.1) is 0 Å². The first kappa shape index (κ1) is 24.8. The van der Waals surface area contributed by atoms with E-state index >= 15 is 0 Å². The van der Waals surface area contributed by atoms with E-state index in [2.05, 4.69) is 149 Å². The second-order valence-electron chi connectivity index (χ2n) is 11.5. The molecule has 3 heterocycles. The molecule has 3 heteroatoms. The summed E-state index contributed by atoms with van der Waals surface area (Å²) < 4.78 is 2.36. The molecule has 0 aliphatic carbocycles. The fourth-order valence-electron chi connectivity index (χ4n) is 7.25. The van der Waals surface area contributed by atoms with Crippen LogP contribution in [0, 0.1) is 0 Å². The van der Waals surface area contributed by atoms with Crippen molar-refractivity contribution in [1.29, 1.82) is 0 Å². The van der Waals surface area contributed by atoms with Crippen molar-refractivity contribution in [2.24, 2.45) is 0 Å². The summed E-state index contributed by atoms with van der Waals surface area (Å²) in [5, 5.41) is 2.48. The van der Waals surface area contributed by atoms with Gasteiger partial charge in [-0.1, -0.05) is 115 Å². The largest absolute Gasteiger partial charge is 0.292 e. The van der Waals surface area contributed by atoms with Crippen molar-refractivity contribution in [3.05, 3.63) is 186 Å². The van der Waals surface area contributed by atoms with Crippen LogP contribution in [0.3, 0.4) is 0 Å². The summed E-state index contributed by atoms with van der Waals surface area (Å²) in [6.07, 6.45) is 3.68. The second-order valence-corrected chi connectivity index (χ2v) is 11.5. The average Bonchev–Trinajstić information content (AvgIpc) is 3.50. The summed E-state index contributed by atoms with van der Waals surface area (Å²) in [4.78, 5) is 9.54. The Hall–Kier alpha value is -5.80. The highest BCUT2D eigenvalue weighted by Gasteiger charge is 2.45. The molecule has 0 atom stereocenters. The maximum Gasteiger partial charge on any atom is 0.145 e. The van der Waals surface area contributed by atoms with Crippen molar-refractivity contribution < 1.29 is 0 Å². The van der Waals surface area contributed by atoms with Crippen LogP contribution in [0.4, 0.5) is 0 Å². The van der Waals surface area contributed by atoms with Crippen LogP contribution in [0.1, 0.15) is 22.3 Å². The van der Waals surface area contributed by atoms with Crippen molar-refractivity contribution in [2.75, 3.05) is 0 Å². The minimum absolute atomic E-state index is 0.560. The van der Waals surface area contributed by atoms with Gasteiger partial charge in [0.15, 0.2) is 0 Å². The number of aromatic nitrogens is 3. The average molecular weight is 562 g/mol. The van der Waals surface area contributed by atoms with Crippen LogP contribution in [-0.2, 0) is 5.41 Å². The number of hydrogen-bond donors (Lipinski definition) is 0. The summed E-state index contributed by atoms with van der Waals surface area (Å²) in [6, 6.07) is 54.9. The first-order chi connectivity index (χ1) is 21.8. The smallest absolute Gasteiger partial charge is 0.145 e. The van der Waals surface area contributed by atoms with Gasteiger partial charge >= 0.3 is 0 Å². The molecule has 0 fully saturated rings. The minimum atomic E-state index is -0.560. The fraction of sp³-hybridized carbons (Fsp3) is 0.0244. The number of hydrogen-bond acceptors (Lipinski definition) is 2. The van der Waals surface area contributed by atoms with Crippen LogP contribution < -0.4 is 0 Å². The van der Waals surface area contributed by atoms with E-state index in [4.69, 9.17) is 4.98 Å². The highest BCUT2D eigenvalue weighted by molar-refractivity contribution is 5.94. The Morgan fingerprint density at radius 1 is 0.477 bits per heavy atom. The van der Waals surface area contributed by atoms with Crippen molar-refractivity contribution in [1.82, 2.24) is 14.5 Å². The van der Waals surface area contributed by atoms with Gasteiger partial charge in [-0.2, -0.15) is 0 Å². The van der Waals surface area contributed by atoms with Gasteiger partial charge in [0.2, 0.25) is 0 Å². The summed E-state index contributed by atoms with van der Waals surface area (Å²) >= 11 is 0. The minimum Gasteiger partial charge on any atom is -0.292 e. The maximum absolute atomic E-state index is 5.26. The summed E-state index contributed by atoms with van der Waals surface area (Å²) in [5.41, 5.74) is 11.0. The number of rotatable bonds is 4. The SMILES string of the molecule is c1ccc(C2(c3ccccc3)c3cc(-c4ccc5ccccc5c4)ccc3-n3c(-c4ccncc4)nc4cccc2c43)cc1. The molecule has 9 rings (SSSR count). The molecule has 0 unspecified atom stereocenters. The zero-order valence-electron chi connectivity index (χ0n) is 23.9. The Balaban J connectivity index is 1.44. The van der Waals surface area contributed by atoms with Crippen molar-refractivity contribution in [3.8, 4) is 28.2 Å². The quantitative estimate of drug-likeness (QED) is 0.214. The highest BCUT2D eigenvalue weighted by atomic mass is 15.1. The van der Waals surface area contributed by atoms with Crippen LogP contribution >= 0.6 is 0 Å². The van der Waals surface area contributed by atoms with E-state index in [-0.39, 0.29) is 0 Å². The molecule has 0 bridgehead atoms. The normalized spacial score (nSPS) is 13.2. The maximum atomic E-state index is 5.26. The molecular weight excluding hydrogens is 534 g/mol. The predicted octanol–water partition coefficient (Wildman–Crippen LogP) is 9.60. The van der Waals surface area contributed by atoms with Gasteiger partial charge in [-0.25, -0.2) is 4.98 Å². The van der Waals surface area contributed by atoms with E-state index in [1.165, 1.54) is 44.2 Å². The molecule has 8 aromatic rings. The zero-order chi connectivity index (χ0) is 29.1. The van der Waals surface area contributed by atoms with Gasteiger partial charge in [0.25, 0.3) is 0 Å². The third kappa shape index (κ3) is 3.50. The molecule has 0 saturated heterocycles. The number of fused-ring (bicyclic) bond motifs is 3. The number of pyridine rings is 1. The van der Waals surface area contributed by atoms with Crippen molar-refractivity contribution in [3.63, 3.8) is 0 Å². The van der Waals surface area contributed by atoms with E-state index in [0.717, 1.165) is 28.1 Å². The third-order valence-corrected chi connectivity index (χ3v) is 9.16. The standard InChI is InChI=1S/C41H27N3/c1-3-12-33(13-4-1)41(34-14-5-2-6-15-34)35-16-9-17-37-39(35)44(40(43-37)29-22-24-42-25-23-29)38-21-20-32(27-36(38)41)31-19-18-28-10-7-8-11-30(28)26-31/h1-27H. The van der Waals surface area contributed by atoms with Gasteiger partial charge < -0.3 is 0 Å². The summed E-state index contributed by atoms with van der Waals surface area (Å²) in [5.74, 6) is 0.921. The molecule has 1 aliphatic heterocycles. The van der Waals surface area contributed by atoms with Crippen molar-refractivity contribution in [2.45, 2.75) is 5.41 Å². The zero-order valence-corrected chi connectivity index (χ0v) is 23.9. The molecule has 206 valence electrons. The van der Waals surface area contributed by atoms with Gasteiger partial charge in [-0.3, -0.25) is 9.55 Å². The van der Waals surface area contributed by atoms with Gasteiger partial charge in [0.05, 0.1) is 22.1 Å². The first-order valence-corrected chi connectivity index (χ1v) is 15.0. The number of imidazole rings is 1. The van der Waals surface area contributed by atoms with Crippen LogP contribution in [-0.4, -0.2) is 14.5 Å². The Morgan fingerprint density at radius 2 is 1.14 bits per heavy atom. The fourth-order valence-corrected chi connectivity index (χ4v) is 7.25. The Labute approximate surface area is 255 Å². The lowest BCUT2D eigenvalue weighted by atomic mass is 9.63. The third-order valence-electron chi connectivity index (χ3n) is 9.16. The lowest BCUT2D eigenvalue weighted by molar-refractivity contribution is 0.726. The monoisotopic (exact) mass is 561 g/mol. The molecule has 2 aromatic heterocycles.